The molecule has 0 bridgehead atoms. The Morgan fingerprint density at radius 1 is 1.16 bits per heavy atom. The maximum Gasteiger partial charge on any atom is 0.239 e. The molecule has 0 radical (unpaired) electrons. The molecule has 9 heteroatoms. The molecule has 1 saturated carbocycles. The number of hydrogen-bond acceptors (Lipinski definition) is 8. The van der Waals surface area contributed by atoms with Crippen LogP contribution in [0.15, 0.2) is 30.3 Å². The molecule has 2 saturated heterocycles. The van der Waals surface area contributed by atoms with Crippen LogP contribution in [0.5, 0.6) is 0 Å². The fourth-order valence-electron chi connectivity index (χ4n) is 5.27. The van der Waals surface area contributed by atoms with Crippen molar-refractivity contribution in [3.8, 4) is 0 Å². The Morgan fingerprint density at radius 2 is 1.88 bits per heavy atom. The van der Waals surface area contributed by atoms with Gasteiger partial charge in [-0.25, -0.2) is 0 Å². The molecule has 3 fully saturated rings. The number of carbonyl (C=O) groups excluding carboxylic acids is 1. The summed E-state index contributed by atoms with van der Waals surface area (Å²) in [4.78, 5) is 12.7. The summed E-state index contributed by atoms with van der Waals surface area (Å²) in [5.41, 5.74) is 0.855. The Labute approximate surface area is 188 Å². The van der Waals surface area contributed by atoms with E-state index >= 15 is 0 Å². The van der Waals surface area contributed by atoms with E-state index in [0.717, 1.165) is 5.56 Å². The number of aliphatic hydroxyl groups excluding tert-OH is 2. The van der Waals surface area contributed by atoms with Crippen LogP contribution < -0.4 is 10.6 Å². The monoisotopic (exact) mass is 450 g/mol. The van der Waals surface area contributed by atoms with Gasteiger partial charge in [0.05, 0.1) is 36.8 Å². The summed E-state index contributed by atoms with van der Waals surface area (Å²) in [6.07, 6.45) is -3.96. The minimum atomic E-state index is -1.96. The second-order valence-corrected chi connectivity index (χ2v) is 9.10. The fourth-order valence-corrected chi connectivity index (χ4v) is 5.27. The average molecular weight is 451 g/mol. The van der Waals surface area contributed by atoms with Crippen molar-refractivity contribution in [1.82, 2.24) is 10.6 Å². The molecular formula is C23H34N2O7. The third kappa shape index (κ3) is 4.19. The highest BCUT2D eigenvalue weighted by molar-refractivity contribution is 5.79. The lowest BCUT2D eigenvalue weighted by Gasteiger charge is -2.58. The van der Waals surface area contributed by atoms with Crippen LogP contribution >= 0.6 is 0 Å². The molecule has 32 heavy (non-hydrogen) atoms. The van der Waals surface area contributed by atoms with Gasteiger partial charge in [-0.15, -0.1) is 0 Å². The van der Waals surface area contributed by atoms with Gasteiger partial charge in [0.2, 0.25) is 18.0 Å². The van der Waals surface area contributed by atoms with E-state index < -0.39 is 54.5 Å². The highest BCUT2D eigenvalue weighted by Gasteiger charge is 2.63. The topological polar surface area (TPSA) is 130 Å². The average Bonchev–Trinajstić information content (AvgIpc) is 2.75. The summed E-state index contributed by atoms with van der Waals surface area (Å²) in [6.45, 7) is 3.72. The Kier molecular flexibility index (Phi) is 6.88. The van der Waals surface area contributed by atoms with Gasteiger partial charge in [0.25, 0.3) is 0 Å². The van der Waals surface area contributed by atoms with Crippen molar-refractivity contribution in [1.29, 1.82) is 0 Å². The van der Waals surface area contributed by atoms with E-state index in [2.05, 4.69) is 10.6 Å². The van der Waals surface area contributed by atoms with Crippen molar-refractivity contribution < 1.29 is 34.3 Å². The van der Waals surface area contributed by atoms with Crippen LogP contribution in [0.2, 0.25) is 0 Å². The molecule has 1 aromatic rings. The van der Waals surface area contributed by atoms with Crippen LogP contribution in [-0.2, 0) is 25.4 Å². The van der Waals surface area contributed by atoms with Crippen molar-refractivity contribution >= 4 is 5.91 Å². The van der Waals surface area contributed by atoms with Crippen LogP contribution in [-0.4, -0.2) is 83.0 Å². The predicted molar refractivity (Wildman–Crippen MR) is 114 cm³/mol. The number of ether oxygens (including phenoxy) is 3. The number of rotatable bonds is 5. The van der Waals surface area contributed by atoms with Crippen LogP contribution in [0.4, 0.5) is 0 Å². The number of aliphatic hydroxyl groups is 3. The van der Waals surface area contributed by atoms with E-state index in [1.165, 1.54) is 0 Å². The Bertz CT molecular complexity index is 796. The molecule has 178 valence electrons. The van der Waals surface area contributed by atoms with E-state index in [1.54, 1.807) is 7.05 Å². The van der Waals surface area contributed by atoms with E-state index in [0.29, 0.717) is 12.8 Å². The van der Waals surface area contributed by atoms with Crippen LogP contribution in [0.1, 0.15) is 32.3 Å². The number of carbonyl (C=O) groups is 1. The first-order valence-corrected chi connectivity index (χ1v) is 11.4. The number of hydrogen-bond donors (Lipinski definition) is 5. The second-order valence-electron chi connectivity index (χ2n) is 9.10. The second kappa shape index (κ2) is 9.34. The van der Waals surface area contributed by atoms with Crippen molar-refractivity contribution in [2.75, 3.05) is 7.05 Å². The summed E-state index contributed by atoms with van der Waals surface area (Å²) in [7, 11) is 1.69. The summed E-state index contributed by atoms with van der Waals surface area (Å²) < 4.78 is 18.1. The van der Waals surface area contributed by atoms with Crippen LogP contribution in [0.3, 0.4) is 0 Å². The minimum absolute atomic E-state index is 0.162. The molecule has 3 aliphatic rings. The first-order chi connectivity index (χ1) is 15.3. The molecule has 4 rings (SSSR count). The lowest BCUT2D eigenvalue weighted by Crippen LogP contribution is -2.77. The Hall–Kier alpha value is -1.59. The smallest absolute Gasteiger partial charge is 0.239 e. The highest BCUT2D eigenvalue weighted by atomic mass is 16.8. The molecule has 1 aromatic carbocycles. The Morgan fingerprint density at radius 3 is 2.53 bits per heavy atom. The molecule has 2 aliphatic heterocycles. The molecule has 0 spiro atoms. The number of amides is 1. The van der Waals surface area contributed by atoms with Gasteiger partial charge in [-0.05, 0) is 32.4 Å². The van der Waals surface area contributed by atoms with Gasteiger partial charge in [0.15, 0.2) is 0 Å². The zero-order valence-corrected chi connectivity index (χ0v) is 18.7. The van der Waals surface area contributed by atoms with Gasteiger partial charge in [0, 0.05) is 5.92 Å². The maximum absolute atomic E-state index is 12.7. The number of benzene rings is 1. The molecule has 5 N–H and O–H groups in total. The van der Waals surface area contributed by atoms with E-state index in [1.807, 2.05) is 44.2 Å². The fraction of sp³-hybridized carbons (Fsp3) is 0.696. The largest absolute Gasteiger partial charge is 0.391 e. The van der Waals surface area contributed by atoms with Crippen LogP contribution in [0, 0.1) is 5.92 Å². The van der Waals surface area contributed by atoms with Gasteiger partial charge in [-0.1, -0.05) is 37.3 Å². The minimum Gasteiger partial charge on any atom is -0.391 e. The number of nitrogens with one attached hydrogen (secondary N) is 2. The van der Waals surface area contributed by atoms with Crippen molar-refractivity contribution in [3.63, 3.8) is 0 Å². The summed E-state index contributed by atoms with van der Waals surface area (Å²) in [6, 6.07) is 7.97. The van der Waals surface area contributed by atoms with Crippen molar-refractivity contribution in [2.24, 2.45) is 5.92 Å². The Balaban J connectivity index is 1.56. The molecular weight excluding hydrogens is 416 g/mol. The molecule has 1 aliphatic carbocycles. The first kappa shape index (κ1) is 23.6. The van der Waals surface area contributed by atoms with E-state index in [-0.39, 0.29) is 18.4 Å². The molecule has 9 nitrogen and oxygen atoms in total. The number of likely N-dealkylation sites (N-methyl/N-ethyl adjacent to an activating group) is 1. The summed E-state index contributed by atoms with van der Waals surface area (Å²) in [5, 5.41) is 39.1. The SMILES string of the molecule is CC[C@@H]1[C@H](O)[C@H](NC)C2O[C@]3(O)C(OC2[C@@H]1O)O[C@H](C)C[C@H]3NC(=O)Cc1ccccc1. The van der Waals surface area contributed by atoms with E-state index in [9.17, 15) is 20.1 Å². The van der Waals surface area contributed by atoms with Crippen molar-refractivity contribution in [2.45, 2.75) is 87.8 Å². The zero-order chi connectivity index (χ0) is 23.0. The standard InChI is InChI=1S/C23H34N2O7/c1-4-14-18(27)17(24-3)20-21(19(14)28)31-22-23(29,32-20)15(10-12(2)30-22)25-16(26)11-13-8-6-5-7-9-13/h5-9,12,14-15,17-22,24,27-29H,4,10-11H2,1-3H3,(H,25,26)/t12-,14-,15-,17+,18+,19-,20?,21?,22?,23+/m1/s1. The van der Waals surface area contributed by atoms with Gasteiger partial charge < -0.3 is 40.2 Å². The lowest BCUT2D eigenvalue weighted by atomic mass is 9.74. The molecule has 10 atom stereocenters. The highest BCUT2D eigenvalue weighted by Crippen LogP contribution is 2.43. The lowest BCUT2D eigenvalue weighted by molar-refractivity contribution is -0.450. The quantitative estimate of drug-likeness (QED) is 0.413. The van der Waals surface area contributed by atoms with Gasteiger partial charge in [0.1, 0.15) is 12.2 Å². The summed E-state index contributed by atoms with van der Waals surface area (Å²) >= 11 is 0. The predicted octanol–water partition coefficient (Wildman–Crippen LogP) is -0.329. The normalized spacial score (nSPS) is 43.8. The molecule has 3 unspecified atom stereocenters. The van der Waals surface area contributed by atoms with Gasteiger partial charge in [-0.3, -0.25) is 4.79 Å². The third-order valence-electron chi connectivity index (χ3n) is 6.97. The van der Waals surface area contributed by atoms with E-state index in [4.69, 9.17) is 14.2 Å². The zero-order valence-electron chi connectivity index (χ0n) is 18.7. The van der Waals surface area contributed by atoms with Gasteiger partial charge in [-0.2, -0.15) is 0 Å². The van der Waals surface area contributed by atoms with Crippen molar-refractivity contribution in [3.05, 3.63) is 35.9 Å². The van der Waals surface area contributed by atoms with Crippen LogP contribution in [0.25, 0.3) is 0 Å². The summed E-state index contributed by atoms with van der Waals surface area (Å²) in [5.74, 6) is -2.63. The van der Waals surface area contributed by atoms with Gasteiger partial charge >= 0.3 is 0 Å². The molecule has 2 heterocycles. The maximum atomic E-state index is 12.7. The molecule has 0 aromatic heterocycles. The third-order valence-corrected chi connectivity index (χ3v) is 6.97. The number of fused-ring (bicyclic) bond motifs is 2. The molecule has 1 amide bonds. The first-order valence-electron chi connectivity index (χ1n) is 11.4.